The standard InChI is InChI=1S/C20H18N6O/c1-27-17-4-2-13-11-26(12-15(13)9-17)19-6-7-21-20(24-19)23-16-3-5-18-14(8-16)10-22-25-18/h2-10H,11-12H2,1H3,(H,22,25)(H,21,23,24). The number of benzene rings is 2. The van der Waals surface area contributed by atoms with Gasteiger partial charge in [0.25, 0.3) is 0 Å². The van der Waals surface area contributed by atoms with Crippen LogP contribution >= 0.6 is 0 Å². The van der Waals surface area contributed by atoms with Gasteiger partial charge in [-0.3, -0.25) is 5.10 Å². The molecule has 0 saturated heterocycles. The van der Waals surface area contributed by atoms with E-state index in [0.717, 1.165) is 41.2 Å². The van der Waals surface area contributed by atoms with Gasteiger partial charge in [0.15, 0.2) is 0 Å². The molecule has 1 aliphatic rings. The second-order valence-corrected chi connectivity index (χ2v) is 6.53. The fourth-order valence-corrected chi connectivity index (χ4v) is 3.39. The third-order valence-electron chi connectivity index (χ3n) is 4.80. The summed E-state index contributed by atoms with van der Waals surface area (Å²) < 4.78 is 5.33. The van der Waals surface area contributed by atoms with Crippen molar-refractivity contribution in [3.8, 4) is 5.75 Å². The molecule has 134 valence electrons. The Hall–Kier alpha value is -3.61. The van der Waals surface area contributed by atoms with Crippen LogP contribution in [0.3, 0.4) is 0 Å². The molecule has 2 aromatic carbocycles. The quantitative estimate of drug-likeness (QED) is 0.580. The van der Waals surface area contributed by atoms with Gasteiger partial charge in [0.05, 0.1) is 18.8 Å². The summed E-state index contributed by atoms with van der Waals surface area (Å²) in [4.78, 5) is 11.3. The Balaban J connectivity index is 1.37. The van der Waals surface area contributed by atoms with Gasteiger partial charge in [-0.2, -0.15) is 10.1 Å². The summed E-state index contributed by atoms with van der Waals surface area (Å²) in [5.74, 6) is 2.35. The molecule has 0 unspecified atom stereocenters. The van der Waals surface area contributed by atoms with Crippen molar-refractivity contribution < 1.29 is 4.74 Å². The molecule has 2 aromatic heterocycles. The fourth-order valence-electron chi connectivity index (χ4n) is 3.39. The van der Waals surface area contributed by atoms with Crippen LogP contribution < -0.4 is 15.0 Å². The second kappa shape index (κ2) is 6.28. The van der Waals surface area contributed by atoms with Crippen LogP contribution in [0.4, 0.5) is 17.5 Å². The van der Waals surface area contributed by atoms with Crippen molar-refractivity contribution in [2.75, 3.05) is 17.3 Å². The lowest BCUT2D eigenvalue weighted by molar-refractivity contribution is 0.414. The molecule has 2 N–H and O–H groups in total. The van der Waals surface area contributed by atoms with E-state index in [2.05, 4.69) is 37.5 Å². The van der Waals surface area contributed by atoms with Crippen LogP contribution in [0, 0.1) is 0 Å². The Kier molecular flexibility index (Phi) is 3.64. The average molecular weight is 358 g/mol. The van der Waals surface area contributed by atoms with Gasteiger partial charge in [-0.1, -0.05) is 6.07 Å². The number of aromatic nitrogens is 4. The van der Waals surface area contributed by atoms with Crippen LogP contribution in [0.25, 0.3) is 10.9 Å². The third-order valence-corrected chi connectivity index (χ3v) is 4.80. The lowest BCUT2D eigenvalue weighted by Gasteiger charge is -2.17. The van der Waals surface area contributed by atoms with E-state index in [1.165, 1.54) is 11.1 Å². The fraction of sp³-hybridized carbons (Fsp3) is 0.150. The third kappa shape index (κ3) is 2.93. The van der Waals surface area contributed by atoms with E-state index in [1.54, 1.807) is 19.5 Å². The highest BCUT2D eigenvalue weighted by Gasteiger charge is 2.21. The first-order chi connectivity index (χ1) is 13.3. The zero-order valence-corrected chi connectivity index (χ0v) is 14.8. The monoisotopic (exact) mass is 358 g/mol. The Morgan fingerprint density at radius 2 is 2.00 bits per heavy atom. The van der Waals surface area contributed by atoms with E-state index in [-0.39, 0.29) is 0 Å². The lowest BCUT2D eigenvalue weighted by Crippen LogP contribution is -2.16. The number of nitrogens with zero attached hydrogens (tertiary/aromatic N) is 4. The van der Waals surface area contributed by atoms with Crippen LogP contribution in [-0.2, 0) is 13.1 Å². The summed E-state index contributed by atoms with van der Waals surface area (Å²) in [6, 6.07) is 14.1. The topological polar surface area (TPSA) is 79.0 Å². The van der Waals surface area contributed by atoms with Gasteiger partial charge in [-0.25, -0.2) is 4.98 Å². The molecule has 0 aliphatic carbocycles. The molecule has 4 aromatic rings. The first-order valence-electron chi connectivity index (χ1n) is 8.72. The molecule has 5 rings (SSSR count). The molecule has 0 saturated carbocycles. The van der Waals surface area contributed by atoms with Gasteiger partial charge in [0, 0.05) is 30.4 Å². The first kappa shape index (κ1) is 15.6. The Morgan fingerprint density at radius 1 is 1.07 bits per heavy atom. The van der Waals surface area contributed by atoms with E-state index in [0.29, 0.717) is 5.95 Å². The van der Waals surface area contributed by atoms with Gasteiger partial charge in [-0.15, -0.1) is 0 Å². The molecule has 0 amide bonds. The SMILES string of the molecule is COc1ccc2c(c1)CN(c1ccnc(Nc3ccc4[nH]ncc4c3)n1)C2. The molecular formula is C20H18N6O. The number of aromatic amines is 1. The highest BCUT2D eigenvalue weighted by Crippen LogP contribution is 2.30. The Morgan fingerprint density at radius 3 is 2.93 bits per heavy atom. The van der Waals surface area contributed by atoms with Gasteiger partial charge in [-0.05, 0) is 47.5 Å². The largest absolute Gasteiger partial charge is 0.497 e. The maximum absolute atomic E-state index is 5.33. The number of H-pyrrole nitrogens is 1. The zero-order chi connectivity index (χ0) is 18.2. The van der Waals surface area contributed by atoms with Crippen molar-refractivity contribution in [3.05, 3.63) is 66.0 Å². The molecular weight excluding hydrogens is 340 g/mol. The molecule has 0 bridgehead atoms. The van der Waals surface area contributed by atoms with E-state index >= 15 is 0 Å². The van der Waals surface area contributed by atoms with Gasteiger partial charge in [0.2, 0.25) is 5.95 Å². The summed E-state index contributed by atoms with van der Waals surface area (Å²) in [6.45, 7) is 1.64. The highest BCUT2D eigenvalue weighted by molar-refractivity contribution is 5.82. The maximum Gasteiger partial charge on any atom is 0.229 e. The number of hydrogen-bond acceptors (Lipinski definition) is 6. The van der Waals surface area contributed by atoms with Crippen molar-refractivity contribution >= 4 is 28.4 Å². The number of anilines is 3. The van der Waals surface area contributed by atoms with Gasteiger partial charge < -0.3 is 15.0 Å². The number of nitrogens with one attached hydrogen (secondary N) is 2. The minimum absolute atomic E-state index is 0.573. The van der Waals surface area contributed by atoms with E-state index in [9.17, 15) is 0 Å². The molecule has 0 atom stereocenters. The van der Waals surface area contributed by atoms with E-state index in [1.807, 2.05) is 30.3 Å². The Bertz CT molecular complexity index is 1120. The average Bonchev–Trinajstić information content (AvgIpc) is 3.33. The van der Waals surface area contributed by atoms with Crippen LogP contribution in [0.2, 0.25) is 0 Å². The molecule has 3 heterocycles. The predicted octanol–water partition coefficient (Wildman–Crippen LogP) is 3.63. The molecule has 7 nitrogen and oxygen atoms in total. The first-order valence-corrected chi connectivity index (χ1v) is 8.72. The second-order valence-electron chi connectivity index (χ2n) is 6.53. The number of methoxy groups -OCH3 is 1. The summed E-state index contributed by atoms with van der Waals surface area (Å²) in [7, 11) is 1.69. The zero-order valence-electron chi connectivity index (χ0n) is 14.8. The minimum Gasteiger partial charge on any atom is -0.497 e. The lowest BCUT2D eigenvalue weighted by atomic mass is 10.1. The van der Waals surface area contributed by atoms with Crippen molar-refractivity contribution in [2.45, 2.75) is 13.1 Å². The predicted molar refractivity (Wildman–Crippen MR) is 104 cm³/mol. The van der Waals surface area contributed by atoms with Crippen molar-refractivity contribution in [1.82, 2.24) is 20.2 Å². The van der Waals surface area contributed by atoms with Crippen LogP contribution in [0.15, 0.2) is 54.9 Å². The van der Waals surface area contributed by atoms with E-state index < -0.39 is 0 Å². The van der Waals surface area contributed by atoms with Crippen LogP contribution in [0.5, 0.6) is 5.75 Å². The summed E-state index contributed by atoms with van der Waals surface area (Å²) in [5.41, 5.74) is 4.50. The van der Waals surface area contributed by atoms with Gasteiger partial charge >= 0.3 is 0 Å². The minimum atomic E-state index is 0.573. The van der Waals surface area contributed by atoms with Crippen LogP contribution in [-0.4, -0.2) is 27.3 Å². The molecule has 1 aliphatic heterocycles. The maximum atomic E-state index is 5.33. The Labute approximate surface area is 156 Å². The number of ether oxygens (including phenoxy) is 1. The summed E-state index contributed by atoms with van der Waals surface area (Å²) >= 11 is 0. The molecule has 0 fully saturated rings. The van der Waals surface area contributed by atoms with E-state index in [4.69, 9.17) is 9.72 Å². The highest BCUT2D eigenvalue weighted by atomic mass is 16.5. The van der Waals surface area contributed by atoms with Crippen LogP contribution in [0.1, 0.15) is 11.1 Å². The summed E-state index contributed by atoms with van der Waals surface area (Å²) in [5, 5.41) is 11.3. The number of rotatable bonds is 4. The molecule has 27 heavy (non-hydrogen) atoms. The normalized spacial score (nSPS) is 13.0. The number of fused-ring (bicyclic) bond motifs is 2. The molecule has 0 radical (unpaired) electrons. The van der Waals surface area contributed by atoms with Crippen molar-refractivity contribution in [3.63, 3.8) is 0 Å². The molecule has 0 spiro atoms. The number of hydrogen-bond donors (Lipinski definition) is 2. The van der Waals surface area contributed by atoms with Crippen molar-refractivity contribution in [2.24, 2.45) is 0 Å². The smallest absolute Gasteiger partial charge is 0.229 e. The van der Waals surface area contributed by atoms with Crippen molar-refractivity contribution in [1.29, 1.82) is 0 Å². The van der Waals surface area contributed by atoms with Gasteiger partial charge in [0.1, 0.15) is 11.6 Å². The summed E-state index contributed by atoms with van der Waals surface area (Å²) in [6.07, 6.45) is 3.58. The molecule has 7 heteroatoms.